The number of halogens is 2. The van der Waals surface area contributed by atoms with Gasteiger partial charge in [0.15, 0.2) is 5.96 Å². The Labute approximate surface area is 199 Å². The van der Waals surface area contributed by atoms with Crippen molar-refractivity contribution < 1.29 is 4.39 Å². The second-order valence-electron chi connectivity index (χ2n) is 7.78. The fourth-order valence-electron chi connectivity index (χ4n) is 4.09. The minimum Gasteiger partial charge on any atom is -0.361 e. The third-order valence-corrected chi connectivity index (χ3v) is 5.70. The van der Waals surface area contributed by atoms with Crippen LogP contribution < -0.4 is 10.6 Å². The second kappa shape index (κ2) is 11.4. The summed E-state index contributed by atoms with van der Waals surface area (Å²) in [7, 11) is 1.78. The maximum Gasteiger partial charge on any atom is 0.190 e. The molecule has 7 nitrogen and oxygen atoms in total. The van der Waals surface area contributed by atoms with Crippen molar-refractivity contribution in [2.45, 2.75) is 51.5 Å². The third kappa shape index (κ3) is 5.96. The van der Waals surface area contributed by atoms with Gasteiger partial charge in [0.25, 0.3) is 0 Å². The quantitative estimate of drug-likeness (QED) is 0.186. The van der Waals surface area contributed by atoms with Gasteiger partial charge < -0.3 is 20.2 Å². The number of aromatic amines is 1. The van der Waals surface area contributed by atoms with Crippen molar-refractivity contribution in [3.8, 4) is 0 Å². The van der Waals surface area contributed by atoms with Crippen LogP contribution in [0.4, 0.5) is 4.39 Å². The van der Waals surface area contributed by atoms with Crippen molar-refractivity contribution in [3.05, 3.63) is 47.4 Å². The highest BCUT2D eigenvalue weighted by Crippen LogP contribution is 2.19. The van der Waals surface area contributed by atoms with Crippen molar-refractivity contribution in [2.24, 2.45) is 4.99 Å². The lowest BCUT2D eigenvalue weighted by Crippen LogP contribution is -2.38. The molecule has 3 aromatic rings. The van der Waals surface area contributed by atoms with Gasteiger partial charge in [-0.25, -0.2) is 4.39 Å². The molecule has 9 heteroatoms. The van der Waals surface area contributed by atoms with Crippen LogP contribution in [0, 0.1) is 5.82 Å². The molecule has 0 atom stereocenters. The summed E-state index contributed by atoms with van der Waals surface area (Å²) in [6.45, 7) is 2.63. The van der Waals surface area contributed by atoms with Gasteiger partial charge in [-0.3, -0.25) is 4.99 Å². The Kier molecular flexibility index (Phi) is 8.68. The summed E-state index contributed by atoms with van der Waals surface area (Å²) >= 11 is 0. The summed E-state index contributed by atoms with van der Waals surface area (Å²) in [4.78, 5) is 7.44. The van der Waals surface area contributed by atoms with E-state index in [1.54, 1.807) is 7.05 Å². The van der Waals surface area contributed by atoms with E-state index >= 15 is 0 Å². The zero-order valence-corrected chi connectivity index (χ0v) is 20.3. The largest absolute Gasteiger partial charge is 0.361 e. The number of guanidine groups is 1. The van der Waals surface area contributed by atoms with Gasteiger partial charge in [0, 0.05) is 56.6 Å². The molecule has 0 spiro atoms. The molecule has 1 aliphatic heterocycles. The highest BCUT2D eigenvalue weighted by atomic mass is 127. The number of hydrogen-bond donors (Lipinski definition) is 3. The van der Waals surface area contributed by atoms with Gasteiger partial charge in [-0.05, 0) is 49.4 Å². The second-order valence-corrected chi connectivity index (χ2v) is 7.78. The molecule has 0 radical (unpaired) electrons. The Morgan fingerprint density at radius 3 is 2.90 bits per heavy atom. The molecule has 4 rings (SSSR count). The normalized spacial score (nSPS) is 14.1. The van der Waals surface area contributed by atoms with Gasteiger partial charge in [0.2, 0.25) is 0 Å². The Hall–Kier alpha value is -2.17. The number of hydrogen-bond acceptors (Lipinski definition) is 3. The van der Waals surface area contributed by atoms with E-state index < -0.39 is 0 Å². The summed E-state index contributed by atoms with van der Waals surface area (Å²) in [5, 5.41) is 16.6. The number of nitrogens with zero attached hydrogens (tertiary/aromatic N) is 4. The van der Waals surface area contributed by atoms with Crippen LogP contribution in [0.1, 0.15) is 42.9 Å². The lowest BCUT2D eigenvalue weighted by molar-refractivity contribution is 0.594. The van der Waals surface area contributed by atoms with Crippen LogP contribution in [-0.4, -0.2) is 45.8 Å². The fourth-order valence-corrected chi connectivity index (χ4v) is 4.09. The topological polar surface area (TPSA) is 82.9 Å². The predicted molar refractivity (Wildman–Crippen MR) is 133 cm³/mol. The molecule has 168 valence electrons. The maximum atomic E-state index is 13.3. The minimum absolute atomic E-state index is 0. The van der Waals surface area contributed by atoms with Crippen LogP contribution in [0.5, 0.6) is 0 Å². The van der Waals surface area contributed by atoms with Gasteiger partial charge in [-0.2, -0.15) is 0 Å². The number of benzene rings is 1. The highest BCUT2D eigenvalue weighted by Gasteiger charge is 2.14. The van der Waals surface area contributed by atoms with E-state index in [0.29, 0.717) is 0 Å². The lowest BCUT2D eigenvalue weighted by Gasteiger charge is -2.12. The molecule has 0 fully saturated rings. The Balaban J connectivity index is 0.00000272. The van der Waals surface area contributed by atoms with Crippen LogP contribution >= 0.6 is 24.0 Å². The van der Waals surface area contributed by atoms with Crippen LogP contribution in [0.15, 0.2) is 29.4 Å². The lowest BCUT2D eigenvalue weighted by atomic mass is 10.1. The molecule has 0 saturated carbocycles. The average molecular weight is 539 g/mol. The van der Waals surface area contributed by atoms with Crippen molar-refractivity contribution >= 4 is 40.8 Å². The molecule has 0 amide bonds. The molecule has 2 aromatic heterocycles. The molecule has 3 heterocycles. The smallest absolute Gasteiger partial charge is 0.190 e. The molecule has 31 heavy (non-hydrogen) atoms. The molecule has 0 bridgehead atoms. The SMILES string of the molecule is CN=C(NCCCc1nnc2n1CCCCC2)NCCc1c[nH]c2cc(F)ccc12.I. The average Bonchev–Trinajstić information content (AvgIpc) is 3.24. The summed E-state index contributed by atoms with van der Waals surface area (Å²) in [5.74, 6) is 2.82. The van der Waals surface area contributed by atoms with Crippen LogP contribution in [0.25, 0.3) is 10.9 Å². The first-order chi connectivity index (χ1) is 14.7. The third-order valence-electron chi connectivity index (χ3n) is 5.70. The van der Waals surface area contributed by atoms with Crippen molar-refractivity contribution in [1.29, 1.82) is 0 Å². The van der Waals surface area contributed by atoms with E-state index in [4.69, 9.17) is 0 Å². The van der Waals surface area contributed by atoms with E-state index in [2.05, 4.69) is 35.4 Å². The summed E-state index contributed by atoms with van der Waals surface area (Å²) in [6.07, 6.45) is 9.45. The van der Waals surface area contributed by atoms with Gasteiger partial charge in [-0.15, -0.1) is 34.2 Å². The zero-order chi connectivity index (χ0) is 20.8. The monoisotopic (exact) mass is 539 g/mol. The summed E-state index contributed by atoms with van der Waals surface area (Å²) in [5.41, 5.74) is 2.00. The molecular weight excluding hydrogens is 508 g/mol. The number of aliphatic imine (C=N–C) groups is 1. The number of nitrogens with one attached hydrogen (secondary N) is 3. The molecule has 1 aromatic carbocycles. The van der Waals surface area contributed by atoms with Gasteiger partial charge in [0.1, 0.15) is 17.5 Å². The van der Waals surface area contributed by atoms with Crippen molar-refractivity contribution in [1.82, 2.24) is 30.4 Å². The first kappa shape index (κ1) is 23.5. The molecule has 0 aliphatic carbocycles. The van der Waals surface area contributed by atoms with E-state index in [-0.39, 0.29) is 29.8 Å². The fraction of sp³-hybridized carbons (Fsp3) is 0.500. The van der Waals surface area contributed by atoms with Crippen LogP contribution in [0.3, 0.4) is 0 Å². The van der Waals surface area contributed by atoms with Crippen molar-refractivity contribution in [2.75, 3.05) is 20.1 Å². The first-order valence-electron chi connectivity index (χ1n) is 10.9. The summed E-state index contributed by atoms with van der Waals surface area (Å²) in [6, 6.07) is 4.86. The molecule has 1 aliphatic rings. The maximum absolute atomic E-state index is 13.3. The van der Waals surface area contributed by atoms with E-state index in [0.717, 1.165) is 73.8 Å². The van der Waals surface area contributed by atoms with E-state index in [1.165, 1.54) is 37.0 Å². The van der Waals surface area contributed by atoms with E-state index in [9.17, 15) is 4.39 Å². The van der Waals surface area contributed by atoms with Gasteiger partial charge in [-0.1, -0.05) is 6.42 Å². The van der Waals surface area contributed by atoms with Crippen LogP contribution in [-0.2, 0) is 25.8 Å². The van der Waals surface area contributed by atoms with Gasteiger partial charge >= 0.3 is 0 Å². The van der Waals surface area contributed by atoms with Gasteiger partial charge in [0.05, 0.1) is 0 Å². The highest BCUT2D eigenvalue weighted by molar-refractivity contribution is 14.0. The Morgan fingerprint density at radius 1 is 1.16 bits per heavy atom. The minimum atomic E-state index is -0.221. The Bertz CT molecular complexity index is 1010. The molecule has 0 unspecified atom stereocenters. The number of rotatable bonds is 7. The van der Waals surface area contributed by atoms with Crippen molar-refractivity contribution in [3.63, 3.8) is 0 Å². The summed E-state index contributed by atoms with van der Waals surface area (Å²) < 4.78 is 15.6. The first-order valence-corrected chi connectivity index (χ1v) is 10.9. The number of aryl methyl sites for hydroxylation is 2. The Morgan fingerprint density at radius 2 is 2.03 bits per heavy atom. The molecule has 0 saturated heterocycles. The number of H-pyrrole nitrogens is 1. The van der Waals surface area contributed by atoms with Crippen LogP contribution in [0.2, 0.25) is 0 Å². The standard InChI is InChI=1S/C22H30FN7.HI/c1-24-22(26-12-10-16-15-27-19-14-17(23)8-9-18(16)19)25-11-5-7-21-29-28-20-6-3-2-4-13-30(20)21;/h8-9,14-15,27H,2-7,10-13H2,1H3,(H2,24,25,26);1H. The molecular formula is C22H31FIN7. The zero-order valence-electron chi connectivity index (χ0n) is 18.0. The number of aromatic nitrogens is 4. The molecule has 3 N–H and O–H groups in total. The predicted octanol–water partition coefficient (Wildman–Crippen LogP) is 3.58. The number of fused-ring (bicyclic) bond motifs is 2. The van der Waals surface area contributed by atoms with E-state index in [1.807, 2.05) is 12.3 Å².